The number of carbonyl (C=O) groups is 1. The Morgan fingerprint density at radius 1 is 1.73 bits per heavy atom. The lowest BCUT2D eigenvalue weighted by Crippen LogP contribution is -2.07. The number of carbonyl (C=O) groups excluding carboxylic acids is 1. The van der Waals surface area contributed by atoms with Gasteiger partial charge in [-0.1, -0.05) is 26.0 Å². The van der Waals surface area contributed by atoms with Gasteiger partial charge in [0.15, 0.2) is 0 Å². The minimum absolute atomic E-state index is 0.0863. The van der Waals surface area contributed by atoms with Crippen LogP contribution < -0.4 is 0 Å². The molecule has 0 N–H and O–H groups in total. The Balaban J connectivity index is 2.50. The Labute approximate surface area is 67.2 Å². The van der Waals surface area contributed by atoms with E-state index in [0.29, 0.717) is 18.9 Å². The normalized spacial score (nSPS) is 23.9. The second-order valence-corrected chi connectivity index (χ2v) is 3.31. The van der Waals surface area contributed by atoms with Crippen LogP contribution in [-0.4, -0.2) is 12.6 Å². The number of ether oxygens (including phenoxy) is 1. The Morgan fingerprint density at radius 2 is 2.36 bits per heavy atom. The van der Waals surface area contributed by atoms with Crippen molar-refractivity contribution in [3.63, 3.8) is 0 Å². The predicted molar refractivity (Wildman–Crippen MR) is 43.0 cm³/mol. The second-order valence-electron chi connectivity index (χ2n) is 3.31. The van der Waals surface area contributed by atoms with Gasteiger partial charge in [-0.2, -0.15) is 0 Å². The molecular formula is C9H14O2. The minimum atomic E-state index is -0.0863. The molecule has 1 unspecified atom stereocenters. The Kier molecular flexibility index (Phi) is 2.32. The summed E-state index contributed by atoms with van der Waals surface area (Å²) in [5.41, 5.74) is 1.14. The van der Waals surface area contributed by atoms with Gasteiger partial charge in [-0.05, 0) is 5.92 Å². The van der Waals surface area contributed by atoms with Gasteiger partial charge in [-0.15, -0.1) is 0 Å². The standard InChI is InChI=1S/C9H14O2/c1-6(2)7(3)8-4-9(10)11-5-8/h6,8H,3-5H2,1-2H3. The molecule has 1 saturated heterocycles. The maximum atomic E-state index is 10.7. The number of hydrogen-bond acceptors (Lipinski definition) is 2. The third-order valence-corrected chi connectivity index (χ3v) is 2.12. The summed E-state index contributed by atoms with van der Waals surface area (Å²) >= 11 is 0. The monoisotopic (exact) mass is 154 g/mol. The average molecular weight is 154 g/mol. The lowest BCUT2D eigenvalue weighted by Gasteiger charge is -2.13. The van der Waals surface area contributed by atoms with Crippen LogP contribution in [0.3, 0.4) is 0 Å². The SMILES string of the molecule is C=C(C(C)C)C1COC(=O)C1. The van der Waals surface area contributed by atoms with Gasteiger partial charge in [0.1, 0.15) is 0 Å². The van der Waals surface area contributed by atoms with Crippen LogP contribution in [-0.2, 0) is 9.53 Å². The van der Waals surface area contributed by atoms with Gasteiger partial charge in [-0.25, -0.2) is 0 Å². The van der Waals surface area contributed by atoms with Crippen molar-refractivity contribution in [1.82, 2.24) is 0 Å². The summed E-state index contributed by atoms with van der Waals surface area (Å²) in [7, 11) is 0. The molecule has 0 aromatic rings. The maximum absolute atomic E-state index is 10.7. The van der Waals surface area contributed by atoms with Gasteiger partial charge in [0.2, 0.25) is 0 Å². The summed E-state index contributed by atoms with van der Waals surface area (Å²) in [5.74, 6) is 0.633. The molecule has 2 heteroatoms. The van der Waals surface area contributed by atoms with Gasteiger partial charge < -0.3 is 4.74 Å². The first-order valence-electron chi connectivity index (χ1n) is 3.95. The zero-order valence-corrected chi connectivity index (χ0v) is 7.09. The van der Waals surface area contributed by atoms with E-state index in [2.05, 4.69) is 20.4 Å². The molecule has 0 radical (unpaired) electrons. The van der Waals surface area contributed by atoms with Gasteiger partial charge >= 0.3 is 5.97 Å². The van der Waals surface area contributed by atoms with Crippen LogP contribution in [0.4, 0.5) is 0 Å². The van der Waals surface area contributed by atoms with Crippen molar-refractivity contribution in [2.45, 2.75) is 20.3 Å². The molecule has 1 rings (SSSR count). The van der Waals surface area contributed by atoms with E-state index in [1.54, 1.807) is 0 Å². The van der Waals surface area contributed by atoms with E-state index in [1.807, 2.05) is 0 Å². The van der Waals surface area contributed by atoms with E-state index in [-0.39, 0.29) is 11.9 Å². The number of esters is 1. The summed E-state index contributed by atoms with van der Waals surface area (Å²) in [6.07, 6.45) is 0.525. The van der Waals surface area contributed by atoms with Crippen molar-refractivity contribution in [1.29, 1.82) is 0 Å². The Morgan fingerprint density at radius 3 is 2.73 bits per heavy atom. The molecule has 62 valence electrons. The molecule has 0 aromatic heterocycles. The van der Waals surface area contributed by atoms with E-state index in [0.717, 1.165) is 5.57 Å². The number of rotatable bonds is 2. The maximum Gasteiger partial charge on any atom is 0.306 e. The van der Waals surface area contributed by atoms with Crippen molar-refractivity contribution in [3.05, 3.63) is 12.2 Å². The fraction of sp³-hybridized carbons (Fsp3) is 0.667. The highest BCUT2D eigenvalue weighted by Gasteiger charge is 2.26. The third-order valence-electron chi connectivity index (χ3n) is 2.12. The van der Waals surface area contributed by atoms with E-state index in [1.165, 1.54) is 0 Å². The average Bonchev–Trinajstić information content (AvgIpc) is 2.34. The molecule has 0 amide bonds. The molecule has 2 nitrogen and oxygen atoms in total. The minimum Gasteiger partial charge on any atom is -0.465 e. The van der Waals surface area contributed by atoms with E-state index >= 15 is 0 Å². The predicted octanol–water partition coefficient (Wildman–Crippen LogP) is 1.76. The van der Waals surface area contributed by atoms with Crippen LogP contribution in [0.25, 0.3) is 0 Å². The van der Waals surface area contributed by atoms with E-state index in [9.17, 15) is 4.79 Å². The number of cyclic esters (lactones) is 1. The lowest BCUT2D eigenvalue weighted by atomic mass is 9.91. The van der Waals surface area contributed by atoms with Crippen LogP contribution in [0.2, 0.25) is 0 Å². The van der Waals surface area contributed by atoms with E-state index < -0.39 is 0 Å². The fourth-order valence-electron chi connectivity index (χ4n) is 1.22. The highest BCUT2D eigenvalue weighted by Crippen LogP contribution is 2.26. The van der Waals surface area contributed by atoms with Crippen LogP contribution >= 0.6 is 0 Å². The van der Waals surface area contributed by atoms with Gasteiger partial charge in [0, 0.05) is 5.92 Å². The zero-order valence-electron chi connectivity index (χ0n) is 7.09. The summed E-state index contributed by atoms with van der Waals surface area (Å²) in [6, 6.07) is 0. The summed E-state index contributed by atoms with van der Waals surface area (Å²) < 4.78 is 4.84. The van der Waals surface area contributed by atoms with E-state index in [4.69, 9.17) is 4.74 Å². The topological polar surface area (TPSA) is 26.3 Å². The molecule has 0 aliphatic carbocycles. The first-order valence-corrected chi connectivity index (χ1v) is 3.95. The third kappa shape index (κ3) is 1.82. The molecule has 0 saturated carbocycles. The molecule has 1 aliphatic heterocycles. The molecule has 1 atom stereocenters. The molecule has 1 fully saturated rings. The quantitative estimate of drug-likeness (QED) is 0.447. The van der Waals surface area contributed by atoms with Gasteiger partial charge in [0.05, 0.1) is 13.0 Å². The smallest absolute Gasteiger partial charge is 0.306 e. The summed E-state index contributed by atoms with van der Waals surface area (Å²) in [5, 5.41) is 0. The van der Waals surface area contributed by atoms with Gasteiger partial charge in [0.25, 0.3) is 0 Å². The summed E-state index contributed by atoms with van der Waals surface area (Å²) in [4.78, 5) is 10.7. The van der Waals surface area contributed by atoms with Crippen LogP contribution in [0, 0.1) is 11.8 Å². The Bertz CT molecular complexity index is 182. The number of hydrogen-bond donors (Lipinski definition) is 0. The Hall–Kier alpha value is -0.790. The van der Waals surface area contributed by atoms with Crippen molar-refractivity contribution < 1.29 is 9.53 Å². The fourth-order valence-corrected chi connectivity index (χ4v) is 1.22. The highest BCUT2D eigenvalue weighted by atomic mass is 16.5. The van der Waals surface area contributed by atoms with Crippen molar-refractivity contribution >= 4 is 5.97 Å². The van der Waals surface area contributed by atoms with Crippen molar-refractivity contribution in [2.75, 3.05) is 6.61 Å². The largest absolute Gasteiger partial charge is 0.465 e. The van der Waals surface area contributed by atoms with Crippen LogP contribution in [0.5, 0.6) is 0 Å². The lowest BCUT2D eigenvalue weighted by molar-refractivity contribution is -0.137. The van der Waals surface area contributed by atoms with Crippen molar-refractivity contribution in [3.8, 4) is 0 Å². The molecule has 1 heterocycles. The van der Waals surface area contributed by atoms with Crippen LogP contribution in [0.1, 0.15) is 20.3 Å². The molecule has 1 aliphatic rings. The molecule has 0 bridgehead atoms. The van der Waals surface area contributed by atoms with Crippen LogP contribution in [0.15, 0.2) is 12.2 Å². The second kappa shape index (κ2) is 3.07. The molecular weight excluding hydrogens is 140 g/mol. The zero-order chi connectivity index (χ0) is 8.43. The van der Waals surface area contributed by atoms with Crippen molar-refractivity contribution in [2.24, 2.45) is 11.8 Å². The highest BCUT2D eigenvalue weighted by molar-refractivity contribution is 5.72. The first-order chi connectivity index (χ1) is 5.11. The summed E-state index contributed by atoms with van der Waals surface area (Å²) in [6.45, 7) is 8.65. The van der Waals surface area contributed by atoms with Gasteiger partial charge in [-0.3, -0.25) is 4.79 Å². The molecule has 0 aromatic carbocycles. The molecule has 11 heavy (non-hydrogen) atoms. The molecule has 0 spiro atoms. The first kappa shape index (κ1) is 8.31.